The number of fused-ring (bicyclic) bond motifs is 2. The molecular weight excluding hydrogens is 248 g/mol. The fourth-order valence-corrected chi connectivity index (χ4v) is 4.03. The van der Waals surface area contributed by atoms with Gasteiger partial charge in [0.2, 0.25) is 0 Å². The zero-order chi connectivity index (χ0) is 14.1. The van der Waals surface area contributed by atoms with Crippen LogP contribution in [0.4, 0.5) is 5.69 Å². The van der Waals surface area contributed by atoms with E-state index in [1.54, 1.807) is 7.11 Å². The highest BCUT2D eigenvalue weighted by atomic mass is 16.5. The van der Waals surface area contributed by atoms with Gasteiger partial charge in [-0.25, -0.2) is 0 Å². The zero-order valence-corrected chi connectivity index (χ0v) is 12.9. The van der Waals surface area contributed by atoms with Crippen LogP contribution in [0.15, 0.2) is 18.2 Å². The molecule has 0 aromatic heterocycles. The van der Waals surface area contributed by atoms with Crippen LogP contribution in [0.5, 0.6) is 5.75 Å². The van der Waals surface area contributed by atoms with Gasteiger partial charge in [0.15, 0.2) is 0 Å². The van der Waals surface area contributed by atoms with Crippen molar-refractivity contribution in [2.45, 2.75) is 57.7 Å². The van der Waals surface area contributed by atoms with Crippen LogP contribution in [0, 0.1) is 6.92 Å². The summed E-state index contributed by atoms with van der Waals surface area (Å²) in [6.45, 7) is 5.45. The molecule has 0 aliphatic carbocycles. The van der Waals surface area contributed by atoms with Crippen LogP contribution in [-0.2, 0) is 0 Å². The minimum absolute atomic E-state index is 0.675. The number of benzene rings is 1. The number of piperidine rings is 1. The number of anilines is 1. The lowest BCUT2D eigenvalue weighted by atomic mass is 9.96. The van der Waals surface area contributed by atoms with Crippen LogP contribution in [-0.4, -0.2) is 31.8 Å². The van der Waals surface area contributed by atoms with E-state index in [4.69, 9.17) is 4.74 Å². The van der Waals surface area contributed by atoms with Crippen molar-refractivity contribution in [1.82, 2.24) is 5.32 Å². The summed E-state index contributed by atoms with van der Waals surface area (Å²) in [7, 11) is 1.78. The van der Waals surface area contributed by atoms with E-state index < -0.39 is 0 Å². The molecule has 0 radical (unpaired) electrons. The maximum atomic E-state index is 5.60. The van der Waals surface area contributed by atoms with Crippen LogP contribution >= 0.6 is 0 Å². The number of methoxy groups -OCH3 is 1. The van der Waals surface area contributed by atoms with E-state index in [1.807, 2.05) is 0 Å². The molecule has 1 aromatic carbocycles. The molecule has 3 heteroatoms. The monoisotopic (exact) mass is 274 g/mol. The van der Waals surface area contributed by atoms with Crippen LogP contribution in [0.3, 0.4) is 0 Å². The number of hydrogen-bond acceptors (Lipinski definition) is 3. The lowest BCUT2D eigenvalue weighted by Crippen LogP contribution is -2.49. The summed E-state index contributed by atoms with van der Waals surface area (Å²) in [4.78, 5) is 2.64. The summed E-state index contributed by atoms with van der Waals surface area (Å²) in [6, 6.07) is 8.58. The summed E-state index contributed by atoms with van der Waals surface area (Å²) in [5, 5.41) is 3.64. The van der Waals surface area contributed by atoms with Gasteiger partial charge in [0.25, 0.3) is 0 Å². The molecule has 0 saturated carbocycles. The second kappa shape index (κ2) is 5.65. The zero-order valence-electron chi connectivity index (χ0n) is 12.9. The average Bonchev–Trinajstić information content (AvgIpc) is 2.70. The van der Waals surface area contributed by atoms with Gasteiger partial charge in [0.05, 0.1) is 12.8 Å². The van der Waals surface area contributed by atoms with E-state index in [0.29, 0.717) is 18.1 Å². The van der Waals surface area contributed by atoms with Gasteiger partial charge < -0.3 is 15.0 Å². The summed E-state index contributed by atoms with van der Waals surface area (Å²) >= 11 is 0. The standard InChI is InChI=1S/C17H26N2O/c1-4-18-13-10-14-6-7-15(11-13)19(14)16-9-12(2)5-8-17(16)20-3/h5,8-9,13-15,18H,4,6-7,10-11H2,1-3H3. The Labute approximate surface area is 122 Å². The summed E-state index contributed by atoms with van der Waals surface area (Å²) in [6.07, 6.45) is 5.18. The second-order valence-corrected chi connectivity index (χ2v) is 6.19. The van der Waals surface area contributed by atoms with Crippen molar-refractivity contribution < 1.29 is 4.74 Å². The Kier molecular flexibility index (Phi) is 3.88. The number of rotatable bonds is 4. The fourth-order valence-electron chi connectivity index (χ4n) is 4.03. The minimum Gasteiger partial charge on any atom is -0.495 e. The van der Waals surface area contributed by atoms with Crippen LogP contribution in [0.1, 0.15) is 38.2 Å². The van der Waals surface area contributed by atoms with Crippen molar-refractivity contribution in [2.75, 3.05) is 18.6 Å². The third kappa shape index (κ3) is 2.39. The van der Waals surface area contributed by atoms with Crippen molar-refractivity contribution in [2.24, 2.45) is 0 Å². The Morgan fingerprint density at radius 1 is 1.25 bits per heavy atom. The average molecular weight is 274 g/mol. The first kappa shape index (κ1) is 13.7. The third-order valence-electron chi connectivity index (χ3n) is 4.84. The van der Waals surface area contributed by atoms with E-state index >= 15 is 0 Å². The SMILES string of the molecule is CCNC1CC2CCC(C1)N2c1cc(C)ccc1OC. The maximum Gasteiger partial charge on any atom is 0.142 e. The highest BCUT2D eigenvalue weighted by Crippen LogP contribution is 2.43. The molecular formula is C17H26N2O. The second-order valence-electron chi connectivity index (χ2n) is 6.19. The number of nitrogens with one attached hydrogen (secondary N) is 1. The number of nitrogens with zero attached hydrogens (tertiary/aromatic N) is 1. The smallest absolute Gasteiger partial charge is 0.142 e. The van der Waals surface area contributed by atoms with Gasteiger partial charge in [-0.3, -0.25) is 0 Å². The Morgan fingerprint density at radius 3 is 2.55 bits per heavy atom. The van der Waals surface area contributed by atoms with E-state index in [-0.39, 0.29) is 0 Å². The summed E-state index contributed by atoms with van der Waals surface area (Å²) in [5.74, 6) is 1.02. The highest BCUT2D eigenvalue weighted by Gasteiger charge is 2.41. The molecule has 2 aliphatic rings. The number of aryl methyl sites for hydroxylation is 1. The first-order valence-electron chi connectivity index (χ1n) is 7.89. The molecule has 1 N–H and O–H groups in total. The number of ether oxygens (including phenoxy) is 1. The van der Waals surface area contributed by atoms with E-state index in [1.165, 1.54) is 36.9 Å². The highest BCUT2D eigenvalue weighted by molar-refractivity contribution is 5.62. The van der Waals surface area contributed by atoms with Crippen molar-refractivity contribution in [3.8, 4) is 5.75 Å². The van der Waals surface area contributed by atoms with E-state index in [0.717, 1.165) is 12.3 Å². The summed E-state index contributed by atoms with van der Waals surface area (Å²) in [5.41, 5.74) is 2.61. The molecule has 2 atom stereocenters. The predicted molar refractivity (Wildman–Crippen MR) is 83.7 cm³/mol. The molecule has 2 heterocycles. The quantitative estimate of drug-likeness (QED) is 0.913. The molecule has 3 nitrogen and oxygen atoms in total. The van der Waals surface area contributed by atoms with Gasteiger partial charge in [-0.2, -0.15) is 0 Å². The molecule has 0 amide bonds. The molecule has 1 aromatic rings. The van der Waals surface area contributed by atoms with E-state index in [2.05, 4.69) is 42.3 Å². The minimum atomic E-state index is 0.675. The molecule has 2 bridgehead atoms. The van der Waals surface area contributed by atoms with Crippen molar-refractivity contribution in [1.29, 1.82) is 0 Å². The summed E-state index contributed by atoms with van der Waals surface area (Å²) < 4.78 is 5.60. The van der Waals surface area contributed by atoms with Crippen molar-refractivity contribution in [3.63, 3.8) is 0 Å². The molecule has 3 rings (SSSR count). The van der Waals surface area contributed by atoms with Crippen LogP contribution < -0.4 is 15.0 Å². The molecule has 0 spiro atoms. The first-order chi connectivity index (χ1) is 9.72. The lowest BCUT2D eigenvalue weighted by molar-refractivity contribution is 0.355. The van der Waals surface area contributed by atoms with Gasteiger partial charge in [-0.05, 0) is 56.8 Å². The van der Waals surface area contributed by atoms with Crippen LogP contribution in [0.25, 0.3) is 0 Å². The predicted octanol–water partition coefficient (Wildman–Crippen LogP) is 3.11. The molecule has 2 saturated heterocycles. The first-order valence-corrected chi connectivity index (χ1v) is 7.89. The Bertz CT molecular complexity index is 460. The molecule has 110 valence electrons. The van der Waals surface area contributed by atoms with Gasteiger partial charge in [-0.15, -0.1) is 0 Å². The van der Waals surface area contributed by atoms with Gasteiger partial charge in [0, 0.05) is 18.1 Å². The molecule has 2 fully saturated rings. The van der Waals surface area contributed by atoms with Gasteiger partial charge in [-0.1, -0.05) is 13.0 Å². The normalized spacial score (nSPS) is 28.8. The molecule has 2 unspecified atom stereocenters. The van der Waals surface area contributed by atoms with Crippen molar-refractivity contribution >= 4 is 5.69 Å². The topological polar surface area (TPSA) is 24.5 Å². The lowest BCUT2D eigenvalue weighted by Gasteiger charge is -2.41. The molecule has 2 aliphatic heterocycles. The largest absolute Gasteiger partial charge is 0.495 e. The van der Waals surface area contributed by atoms with Gasteiger partial charge in [0.1, 0.15) is 5.75 Å². The maximum absolute atomic E-state index is 5.60. The van der Waals surface area contributed by atoms with Gasteiger partial charge >= 0.3 is 0 Å². The molecule has 20 heavy (non-hydrogen) atoms. The van der Waals surface area contributed by atoms with Crippen molar-refractivity contribution in [3.05, 3.63) is 23.8 Å². The number of hydrogen-bond donors (Lipinski definition) is 1. The third-order valence-corrected chi connectivity index (χ3v) is 4.84. The Hall–Kier alpha value is -1.22. The van der Waals surface area contributed by atoms with E-state index in [9.17, 15) is 0 Å². The Morgan fingerprint density at radius 2 is 1.95 bits per heavy atom. The Balaban J connectivity index is 1.87. The fraction of sp³-hybridized carbons (Fsp3) is 0.647. The van der Waals surface area contributed by atoms with Crippen LogP contribution in [0.2, 0.25) is 0 Å².